The minimum Gasteiger partial charge on any atom is -0.370 e. The van der Waals surface area contributed by atoms with Gasteiger partial charge >= 0.3 is 0 Å². The van der Waals surface area contributed by atoms with Crippen molar-refractivity contribution in [2.45, 2.75) is 20.4 Å². The normalized spacial score (nSPS) is 11.0. The number of nitrogens with one attached hydrogen (secondary N) is 1. The third-order valence-electron chi connectivity index (χ3n) is 2.66. The molecule has 0 aliphatic rings. The van der Waals surface area contributed by atoms with Gasteiger partial charge in [0.1, 0.15) is 0 Å². The number of nitrogens with two attached hydrogens (primary N) is 1. The summed E-state index contributed by atoms with van der Waals surface area (Å²) in [6, 6.07) is 8.10. The van der Waals surface area contributed by atoms with Gasteiger partial charge in [0.15, 0.2) is 5.96 Å². The molecular weight excluding hydrogens is 365 g/mol. The molecule has 0 amide bonds. The highest BCUT2D eigenvalue weighted by Gasteiger charge is 1.97. The molecule has 0 aliphatic heterocycles. The molecule has 0 spiro atoms. The van der Waals surface area contributed by atoms with E-state index in [4.69, 9.17) is 5.73 Å². The average Bonchev–Trinajstić information content (AvgIpc) is 2.80. The van der Waals surface area contributed by atoms with Crippen LogP contribution in [0, 0.1) is 13.8 Å². The van der Waals surface area contributed by atoms with Crippen molar-refractivity contribution in [2.75, 3.05) is 11.9 Å². The van der Waals surface area contributed by atoms with Crippen LogP contribution in [0.5, 0.6) is 0 Å². The molecule has 0 unspecified atom stereocenters. The van der Waals surface area contributed by atoms with E-state index in [2.05, 4.69) is 35.3 Å². The highest BCUT2D eigenvalue weighted by molar-refractivity contribution is 14.0. The molecule has 0 bridgehead atoms. The third-order valence-corrected chi connectivity index (χ3v) is 2.66. The number of aryl methyl sites for hydroxylation is 2. The molecule has 0 fully saturated rings. The predicted molar refractivity (Wildman–Crippen MR) is 93.7 cm³/mol. The Bertz CT molecular complexity index is 543. The Kier molecular flexibility index (Phi) is 6.50. The predicted octanol–water partition coefficient (Wildman–Crippen LogP) is 2.54. The molecule has 0 saturated carbocycles. The Hall–Kier alpha value is -1.57. The number of nitrogens with zero attached hydrogens (tertiary/aromatic N) is 3. The molecule has 3 N–H and O–H groups in total. The molecule has 6 heteroatoms. The molecule has 2 aromatic rings. The van der Waals surface area contributed by atoms with Crippen molar-refractivity contribution in [1.29, 1.82) is 0 Å². The fourth-order valence-corrected chi connectivity index (χ4v) is 1.94. The molecule has 0 radical (unpaired) electrons. The second-order valence-electron chi connectivity index (χ2n) is 4.54. The molecule has 0 aliphatic carbocycles. The van der Waals surface area contributed by atoms with Gasteiger partial charge in [0.25, 0.3) is 0 Å². The summed E-state index contributed by atoms with van der Waals surface area (Å²) in [6.07, 6.45) is 3.66. The van der Waals surface area contributed by atoms with Crippen molar-refractivity contribution in [2.24, 2.45) is 10.7 Å². The van der Waals surface area contributed by atoms with Crippen LogP contribution >= 0.6 is 24.0 Å². The van der Waals surface area contributed by atoms with Crippen molar-refractivity contribution >= 4 is 35.6 Å². The van der Waals surface area contributed by atoms with Gasteiger partial charge in [0, 0.05) is 18.1 Å². The Morgan fingerprint density at radius 2 is 2.00 bits per heavy atom. The summed E-state index contributed by atoms with van der Waals surface area (Å²) < 4.78 is 1.83. The Morgan fingerprint density at radius 1 is 1.30 bits per heavy atom. The highest BCUT2D eigenvalue weighted by Crippen LogP contribution is 2.13. The zero-order valence-electron chi connectivity index (χ0n) is 11.7. The molecule has 0 saturated heterocycles. The zero-order chi connectivity index (χ0) is 13.7. The quantitative estimate of drug-likeness (QED) is 0.483. The van der Waals surface area contributed by atoms with Crippen LogP contribution in [-0.2, 0) is 6.54 Å². The number of hydrogen-bond donors (Lipinski definition) is 2. The molecule has 2 rings (SSSR count). The van der Waals surface area contributed by atoms with E-state index in [-0.39, 0.29) is 24.0 Å². The number of benzene rings is 1. The number of hydrogen-bond acceptors (Lipinski definition) is 2. The minimum absolute atomic E-state index is 0. The molecule has 20 heavy (non-hydrogen) atoms. The topological polar surface area (TPSA) is 68.2 Å². The van der Waals surface area contributed by atoms with Gasteiger partial charge in [-0.05, 0) is 43.2 Å². The number of aromatic nitrogens is 2. The van der Waals surface area contributed by atoms with Gasteiger partial charge in [-0.25, -0.2) is 0 Å². The van der Waals surface area contributed by atoms with Crippen LogP contribution in [0.1, 0.15) is 11.1 Å². The van der Waals surface area contributed by atoms with E-state index in [0.29, 0.717) is 12.5 Å². The van der Waals surface area contributed by atoms with Crippen molar-refractivity contribution < 1.29 is 0 Å². The lowest BCUT2D eigenvalue weighted by molar-refractivity contribution is 0.625. The van der Waals surface area contributed by atoms with Gasteiger partial charge in [-0.1, -0.05) is 6.07 Å². The van der Waals surface area contributed by atoms with E-state index >= 15 is 0 Å². The molecular formula is C14H20IN5. The van der Waals surface area contributed by atoms with Gasteiger partial charge in [0.05, 0.1) is 13.1 Å². The Labute approximate surface area is 136 Å². The first-order valence-corrected chi connectivity index (χ1v) is 6.26. The first-order chi connectivity index (χ1) is 9.13. The largest absolute Gasteiger partial charge is 0.370 e. The summed E-state index contributed by atoms with van der Waals surface area (Å²) >= 11 is 0. The third kappa shape index (κ3) is 5.20. The maximum atomic E-state index is 5.85. The molecule has 108 valence electrons. The first-order valence-electron chi connectivity index (χ1n) is 6.26. The first kappa shape index (κ1) is 16.5. The SMILES string of the molecule is Cc1cc(C)cc(NC(N)=NCCn2cccn2)c1.I. The van der Waals surface area contributed by atoms with Crippen molar-refractivity contribution in [3.63, 3.8) is 0 Å². The summed E-state index contributed by atoms with van der Waals surface area (Å²) in [6.45, 7) is 5.44. The Balaban J connectivity index is 0.00000200. The lowest BCUT2D eigenvalue weighted by Crippen LogP contribution is -2.23. The van der Waals surface area contributed by atoms with E-state index in [0.717, 1.165) is 12.2 Å². The van der Waals surface area contributed by atoms with Crippen LogP contribution < -0.4 is 11.1 Å². The lowest BCUT2D eigenvalue weighted by Gasteiger charge is -2.08. The number of halogens is 1. The van der Waals surface area contributed by atoms with Crippen LogP contribution in [0.25, 0.3) is 0 Å². The Morgan fingerprint density at radius 3 is 2.60 bits per heavy atom. The van der Waals surface area contributed by atoms with Crippen LogP contribution in [0.3, 0.4) is 0 Å². The van der Waals surface area contributed by atoms with Crippen LogP contribution in [-0.4, -0.2) is 22.3 Å². The second kappa shape index (κ2) is 7.88. The second-order valence-corrected chi connectivity index (χ2v) is 4.54. The van der Waals surface area contributed by atoms with E-state index in [1.807, 2.05) is 29.1 Å². The number of rotatable bonds is 4. The monoisotopic (exact) mass is 385 g/mol. The molecule has 1 heterocycles. The van der Waals surface area contributed by atoms with Gasteiger partial charge < -0.3 is 11.1 Å². The summed E-state index contributed by atoms with van der Waals surface area (Å²) in [5.41, 5.74) is 9.23. The van der Waals surface area contributed by atoms with E-state index in [1.165, 1.54) is 11.1 Å². The van der Waals surface area contributed by atoms with Crippen molar-refractivity contribution in [3.8, 4) is 0 Å². The van der Waals surface area contributed by atoms with Gasteiger partial charge in [-0.15, -0.1) is 24.0 Å². The average molecular weight is 385 g/mol. The van der Waals surface area contributed by atoms with Crippen LogP contribution in [0.4, 0.5) is 5.69 Å². The fourth-order valence-electron chi connectivity index (χ4n) is 1.94. The maximum Gasteiger partial charge on any atom is 0.193 e. The van der Waals surface area contributed by atoms with Crippen LogP contribution in [0.2, 0.25) is 0 Å². The lowest BCUT2D eigenvalue weighted by atomic mass is 10.1. The van der Waals surface area contributed by atoms with Gasteiger partial charge in [0.2, 0.25) is 0 Å². The van der Waals surface area contributed by atoms with Crippen molar-refractivity contribution in [1.82, 2.24) is 9.78 Å². The van der Waals surface area contributed by atoms with E-state index in [9.17, 15) is 0 Å². The highest BCUT2D eigenvalue weighted by atomic mass is 127. The van der Waals surface area contributed by atoms with E-state index in [1.54, 1.807) is 6.20 Å². The molecule has 0 atom stereocenters. The number of guanidine groups is 1. The summed E-state index contributed by atoms with van der Waals surface area (Å²) in [5, 5.41) is 7.21. The fraction of sp³-hybridized carbons (Fsp3) is 0.286. The molecule has 1 aromatic carbocycles. The maximum absolute atomic E-state index is 5.85. The van der Waals surface area contributed by atoms with Crippen LogP contribution in [0.15, 0.2) is 41.7 Å². The van der Waals surface area contributed by atoms with Crippen molar-refractivity contribution in [3.05, 3.63) is 47.8 Å². The van der Waals surface area contributed by atoms with Gasteiger partial charge in [-0.2, -0.15) is 5.10 Å². The number of aliphatic imine (C=N–C) groups is 1. The summed E-state index contributed by atoms with van der Waals surface area (Å²) in [7, 11) is 0. The summed E-state index contributed by atoms with van der Waals surface area (Å²) in [4.78, 5) is 4.28. The molecule has 5 nitrogen and oxygen atoms in total. The smallest absolute Gasteiger partial charge is 0.193 e. The van der Waals surface area contributed by atoms with E-state index < -0.39 is 0 Å². The van der Waals surface area contributed by atoms with Gasteiger partial charge in [-0.3, -0.25) is 9.67 Å². The summed E-state index contributed by atoms with van der Waals surface area (Å²) in [5.74, 6) is 0.428. The molecule has 1 aromatic heterocycles. The number of anilines is 1. The minimum atomic E-state index is 0. The standard InChI is InChI=1S/C14H19N5.HI/c1-11-8-12(2)10-13(9-11)18-14(15)16-5-7-19-6-3-4-17-19;/h3-4,6,8-10H,5,7H2,1-2H3,(H3,15,16,18);1H. The zero-order valence-corrected chi connectivity index (χ0v) is 14.0.